The maximum atomic E-state index is 3.75. The second-order valence-electron chi connectivity index (χ2n) is 10.3. The van der Waals surface area contributed by atoms with Crippen molar-refractivity contribution in [1.29, 1.82) is 0 Å². The SMILES string of the molecule is CC1(C)c2ccccc2-c2ccc(-n3c4ccccc4c4ccc5c6ccccc6[nH]c5c43)cc21. The topological polar surface area (TPSA) is 20.7 Å². The van der Waals surface area contributed by atoms with Gasteiger partial charge < -0.3 is 9.55 Å². The minimum absolute atomic E-state index is 0.0306. The van der Waals surface area contributed by atoms with Crippen molar-refractivity contribution in [2.24, 2.45) is 0 Å². The largest absolute Gasteiger partial charge is 0.353 e. The van der Waals surface area contributed by atoms with Gasteiger partial charge in [0.2, 0.25) is 0 Å². The smallest absolute Gasteiger partial charge is 0.0783 e. The number of benzene rings is 5. The Labute approximate surface area is 203 Å². The summed E-state index contributed by atoms with van der Waals surface area (Å²) in [6.07, 6.45) is 0. The normalized spacial score (nSPS) is 14.2. The highest BCUT2D eigenvalue weighted by molar-refractivity contribution is 6.22. The maximum absolute atomic E-state index is 3.75. The molecule has 166 valence electrons. The fourth-order valence-corrected chi connectivity index (χ4v) is 6.47. The van der Waals surface area contributed by atoms with Gasteiger partial charge >= 0.3 is 0 Å². The van der Waals surface area contributed by atoms with Gasteiger partial charge in [-0.3, -0.25) is 0 Å². The predicted molar refractivity (Wildman–Crippen MR) is 148 cm³/mol. The van der Waals surface area contributed by atoms with Crippen molar-refractivity contribution in [3.63, 3.8) is 0 Å². The van der Waals surface area contributed by atoms with E-state index in [9.17, 15) is 0 Å². The zero-order valence-corrected chi connectivity index (χ0v) is 19.8. The molecule has 2 heterocycles. The molecule has 5 aromatic carbocycles. The standard InChI is InChI=1S/C33H24N2/c1-33(2)27-12-6-3-9-21(27)22-16-15-20(19-28(22)33)35-30-14-8-5-11-24(30)26-18-17-25-23-10-4-7-13-29(23)34-31(25)32(26)35/h3-19,34H,1-2H3. The molecular weight excluding hydrogens is 424 g/mol. The molecule has 1 aliphatic rings. The summed E-state index contributed by atoms with van der Waals surface area (Å²) in [4.78, 5) is 3.75. The lowest BCUT2D eigenvalue weighted by Gasteiger charge is -2.22. The quantitative estimate of drug-likeness (QED) is 0.259. The van der Waals surface area contributed by atoms with Crippen molar-refractivity contribution in [2.45, 2.75) is 19.3 Å². The number of rotatable bonds is 1. The van der Waals surface area contributed by atoms with Crippen molar-refractivity contribution in [3.05, 3.63) is 114 Å². The molecule has 0 atom stereocenters. The van der Waals surface area contributed by atoms with Crippen LogP contribution in [0.2, 0.25) is 0 Å². The van der Waals surface area contributed by atoms with Crippen LogP contribution in [-0.2, 0) is 5.41 Å². The summed E-state index contributed by atoms with van der Waals surface area (Å²) in [5, 5.41) is 5.10. The third kappa shape index (κ3) is 2.34. The Bertz CT molecular complexity index is 1980. The van der Waals surface area contributed by atoms with E-state index in [-0.39, 0.29) is 5.41 Å². The van der Waals surface area contributed by atoms with Crippen LogP contribution in [-0.4, -0.2) is 9.55 Å². The fraction of sp³-hybridized carbons (Fsp3) is 0.0909. The zero-order valence-electron chi connectivity index (χ0n) is 19.8. The van der Waals surface area contributed by atoms with Gasteiger partial charge in [0.1, 0.15) is 0 Å². The van der Waals surface area contributed by atoms with E-state index in [0.717, 1.165) is 0 Å². The van der Waals surface area contributed by atoms with Gasteiger partial charge in [-0.15, -0.1) is 0 Å². The van der Waals surface area contributed by atoms with Crippen LogP contribution >= 0.6 is 0 Å². The highest BCUT2D eigenvalue weighted by Gasteiger charge is 2.35. The molecule has 2 aromatic heterocycles. The van der Waals surface area contributed by atoms with Gasteiger partial charge in [-0.2, -0.15) is 0 Å². The van der Waals surface area contributed by atoms with Crippen LogP contribution in [0.15, 0.2) is 103 Å². The van der Waals surface area contributed by atoms with Crippen LogP contribution in [0, 0.1) is 0 Å². The van der Waals surface area contributed by atoms with Crippen molar-refractivity contribution in [2.75, 3.05) is 0 Å². The molecule has 2 nitrogen and oxygen atoms in total. The Hall–Kier alpha value is -4.30. The van der Waals surface area contributed by atoms with Crippen molar-refractivity contribution in [3.8, 4) is 16.8 Å². The van der Waals surface area contributed by atoms with Crippen LogP contribution in [0.4, 0.5) is 0 Å². The van der Waals surface area contributed by atoms with E-state index < -0.39 is 0 Å². The van der Waals surface area contributed by atoms with Crippen LogP contribution in [0.25, 0.3) is 60.4 Å². The maximum Gasteiger partial charge on any atom is 0.0783 e. The predicted octanol–water partition coefficient (Wildman–Crippen LogP) is 8.72. The van der Waals surface area contributed by atoms with E-state index >= 15 is 0 Å². The Morgan fingerprint density at radius 3 is 2.23 bits per heavy atom. The molecule has 0 amide bonds. The molecular formula is C33H24N2. The minimum Gasteiger partial charge on any atom is -0.353 e. The number of para-hydroxylation sites is 2. The molecule has 0 fully saturated rings. The molecule has 0 aliphatic heterocycles. The number of aromatic amines is 1. The molecule has 0 radical (unpaired) electrons. The molecule has 0 unspecified atom stereocenters. The number of H-pyrrole nitrogens is 1. The molecule has 0 bridgehead atoms. The van der Waals surface area contributed by atoms with Crippen molar-refractivity contribution < 1.29 is 0 Å². The van der Waals surface area contributed by atoms with Gasteiger partial charge in [-0.05, 0) is 46.5 Å². The lowest BCUT2D eigenvalue weighted by atomic mass is 9.82. The fourth-order valence-electron chi connectivity index (χ4n) is 6.47. The van der Waals surface area contributed by atoms with Gasteiger partial charge in [0.25, 0.3) is 0 Å². The van der Waals surface area contributed by atoms with Crippen LogP contribution in [0.1, 0.15) is 25.0 Å². The van der Waals surface area contributed by atoms with E-state index in [2.05, 4.69) is 127 Å². The van der Waals surface area contributed by atoms with Crippen LogP contribution in [0.3, 0.4) is 0 Å². The molecule has 1 N–H and O–H groups in total. The first kappa shape index (κ1) is 19.1. The number of nitrogens with zero attached hydrogens (tertiary/aromatic N) is 1. The molecule has 0 spiro atoms. The average Bonchev–Trinajstić information content (AvgIpc) is 3.51. The molecule has 8 rings (SSSR count). The van der Waals surface area contributed by atoms with E-state index in [4.69, 9.17) is 0 Å². The first-order valence-corrected chi connectivity index (χ1v) is 12.3. The summed E-state index contributed by atoms with van der Waals surface area (Å²) in [6, 6.07) is 37.8. The minimum atomic E-state index is -0.0306. The number of hydrogen-bond donors (Lipinski definition) is 1. The van der Waals surface area contributed by atoms with E-state index in [1.54, 1.807) is 0 Å². The second kappa shape index (κ2) is 6.43. The summed E-state index contributed by atoms with van der Waals surface area (Å²) < 4.78 is 2.46. The molecule has 1 aliphatic carbocycles. The first-order chi connectivity index (χ1) is 17.1. The van der Waals surface area contributed by atoms with Crippen molar-refractivity contribution >= 4 is 43.6 Å². The summed E-state index contributed by atoms with van der Waals surface area (Å²) in [6.45, 7) is 4.70. The lowest BCUT2D eigenvalue weighted by molar-refractivity contribution is 0.660. The Morgan fingerprint density at radius 1 is 0.600 bits per heavy atom. The van der Waals surface area contributed by atoms with E-state index in [1.807, 2.05) is 0 Å². The summed E-state index contributed by atoms with van der Waals surface area (Å²) in [7, 11) is 0. The van der Waals surface area contributed by atoms with Crippen LogP contribution in [0.5, 0.6) is 0 Å². The second-order valence-corrected chi connectivity index (χ2v) is 10.3. The van der Waals surface area contributed by atoms with Crippen molar-refractivity contribution in [1.82, 2.24) is 9.55 Å². The van der Waals surface area contributed by atoms with E-state index in [1.165, 1.54) is 71.6 Å². The van der Waals surface area contributed by atoms with Gasteiger partial charge in [0.15, 0.2) is 0 Å². The molecule has 0 saturated carbocycles. The Balaban J connectivity index is 1.51. The average molecular weight is 449 g/mol. The number of aromatic nitrogens is 2. The Kier molecular flexibility index (Phi) is 3.50. The van der Waals surface area contributed by atoms with E-state index in [0.29, 0.717) is 0 Å². The zero-order chi connectivity index (χ0) is 23.3. The number of fused-ring (bicyclic) bond motifs is 10. The third-order valence-electron chi connectivity index (χ3n) is 8.14. The molecule has 7 aromatic rings. The number of nitrogens with one attached hydrogen (secondary N) is 1. The van der Waals surface area contributed by atoms with Gasteiger partial charge in [0.05, 0.1) is 16.6 Å². The first-order valence-electron chi connectivity index (χ1n) is 12.3. The summed E-state index contributed by atoms with van der Waals surface area (Å²) in [5.41, 5.74) is 11.6. The highest BCUT2D eigenvalue weighted by Crippen LogP contribution is 2.49. The Morgan fingerprint density at radius 2 is 1.31 bits per heavy atom. The van der Waals surface area contributed by atoms with Gasteiger partial charge in [0, 0.05) is 38.2 Å². The lowest BCUT2D eigenvalue weighted by Crippen LogP contribution is -2.15. The van der Waals surface area contributed by atoms with Crippen LogP contribution < -0.4 is 0 Å². The third-order valence-corrected chi connectivity index (χ3v) is 8.14. The molecule has 0 saturated heterocycles. The van der Waals surface area contributed by atoms with Gasteiger partial charge in [-0.25, -0.2) is 0 Å². The molecule has 2 heteroatoms. The summed E-state index contributed by atoms with van der Waals surface area (Å²) >= 11 is 0. The number of hydrogen-bond acceptors (Lipinski definition) is 0. The molecule has 35 heavy (non-hydrogen) atoms. The highest BCUT2D eigenvalue weighted by atomic mass is 15.0. The monoisotopic (exact) mass is 448 g/mol. The summed E-state index contributed by atoms with van der Waals surface area (Å²) in [5.74, 6) is 0. The van der Waals surface area contributed by atoms with Gasteiger partial charge in [-0.1, -0.05) is 92.7 Å².